The molecule has 4 rings (SSSR count). The Morgan fingerprint density at radius 2 is 1.74 bits per heavy atom. The quantitative estimate of drug-likeness (QED) is 0.431. The van der Waals surface area contributed by atoms with Gasteiger partial charge in [0.25, 0.3) is 0 Å². The molecule has 0 aliphatic carbocycles. The normalized spacial score (nSPS) is 11.3. The summed E-state index contributed by atoms with van der Waals surface area (Å²) < 4.78 is 9.42. The molecule has 0 N–H and O–H groups in total. The number of nitrogens with zero attached hydrogens (tertiary/aromatic N) is 3. The van der Waals surface area contributed by atoms with Crippen LogP contribution in [-0.2, 0) is 14.1 Å². The zero-order valence-corrected chi connectivity index (χ0v) is 17.1. The molecule has 0 aliphatic rings. The van der Waals surface area contributed by atoms with Crippen LogP contribution in [0.4, 0.5) is 0 Å². The molecular formula is C21H19Cl2N3O. The molecule has 2 aromatic heterocycles. The van der Waals surface area contributed by atoms with E-state index in [4.69, 9.17) is 27.9 Å². The summed E-state index contributed by atoms with van der Waals surface area (Å²) in [6, 6.07) is 10.2. The highest BCUT2D eigenvalue weighted by Crippen LogP contribution is 2.38. The third kappa shape index (κ3) is 2.89. The van der Waals surface area contributed by atoms with Crippen LogP contribution in [0.2, 0.25) is 10.0 Å². The van der Waals surface area contributed by atoms with Gasteiger partial charge in [-0.05, 0) is 36.8 Å². The van der Waals surface area contributed by atoms with Gasteiger partial charge in [-0.25, -0.2) is 4.98 Å². The second-order valence-corrected chi connectivity index (χ2v) is 7.50. The van der Waals surface area contributed by atoms with E-state index < -0.39 is 0 Å². The standard InChI is InChI=1S/C21H19Cl2N3O/c1-12-7-14(9-16(22)21(12)27-4)19-20(26(3)11-24-19)13-5-6-18-15(8-13)17(23)10-25(18)2/h5-11H,1-4H3. The molecule has 2 aromatic carbocycles. The molecule has 0 fully saturated rings. The van der Waals surface area contributed by atoms with Crippen LogP contribution in [0.15, 0.2) is 42.9 Å². The average Bonchev–Trinajstić information content (AvgIpc) is 3.14. The summed E-state index contributed by atoms with van der Waals surface area (Å²) in [5, 5.41) is 2.33. The fourth-order valence-corrected chi connectivity index (χ4v) is 4.24. The Balaban J connectivity index is 1.92. The molecule has 4 nitrogen and oxygen atoms in total. The minimum atomic E-state index is 0.575. The minimum absolute atomic E-state index is 0.575. The van der Waals surface area contributed by atoms with E-state index in [9.17, 15) is 0 Å². The van der Waals surface area contributed by atoms with Gasteiger partial charge in [0.2, 0.25) is 0 Å². The molecule has 0 amide bonds. The van der Waals surface area contributed by atoms with Crippen LogP contribution < -0.4 is 4.74 Å². The number of imidazole rings is 1. The fraction of sp³-hybridized carbons (Fsp3) is 0.190. The first-order valence-electron chi connectivity index (χ1n) is 8.51. The Kier molecular flexibility index (Phi) is 4.41. The summed E-state index contributed by atoms with van der Waals surface area (Å²) in [6.45, 7) is 1.98. The zero-order valence-electron chi connectivity index (χ0n) is 15.5. The van der Waals surface area contributed by atoms with Gasteiger partial charge >= 0.3 is 0 Å². The van der Waals surface area contributed by atoms with E-state index in [-0.39, 0.29) is 0 Å². The molecule has 6 heteroatoms. The maximum absolute atomic E-state index is 6.41. The van der Waals surface area contributed by atoms with Crippen molar-refractivity contribution in [3.63, 3.8) is 0 Å². The van der Waals surface area contributed by atoms with Crippen LogP contribution >= 0.6 is 23.2 Å². The maximum atomic E-state index is 6.41. The smallest absolute Gasteiger partial charge is 0.140 e. The first kappa shape index (κ1) is 18.0. The first-order chi connectivity index (χ1) is 12.9. The molecule has 2 heterocycles. The summed E-state index contributed by atoms with van der Waals surface area (Å²) >= 11 is 12.8. The lowest BCUT2D eigenvalue weighted by atomic mass is 10.0. The summed E-state index contributed by atoms with van der Waals surface area (Å²) in [4.78, 5) is 4.63. The highest BCUT2D eigenvalue weighted by atomic mass is 35.5. The molecule has 138 valence electrons. The van der Waals surface area contributed by atoms with E-state index in [2.05, 4.69) is 23.2 Å². The highest BCUT2D eigenvalue weighted by Gasteiger charge is 2.17. The Morgan fingerprint density at radius 3 is 2.44 bits per heavy atom. The summed E-state index contributed by atoms with van der Waals surface area (Å²) in [7, 11) is 5.60. The van der Waals surface area contributed by atoms with Gasteiger partial charge in [-0.3, -0.25) is 0 Å². The van der Waals surface area contributed by atoms with Gasteiger partial charge < -0.3 is 13.9 Å². The number of halogens is 2. The minimum Gasteiger partial charge on any atom is -0.495 e. The number of hydrogen-bond acceptors (Lipinski definition) is 2. The summed E-state index contributed by atoms with van der Waals surface area (Å²) in [5.74, 6) is 0.690. The number of ether oxygens (including phenoxy) is 1. The highest BCUT2D eigenvalue weighted by molar-refractivity contribution is 6.35. The molecule has 0 unspecified atom stereocenters. The third-order valence-corrected chi connectivity index (χ3v) is 5.44. The fourth-order valence-electron chi connectivity index (χ4n) is 3.60. The van der Waals surface area contributed by atoms with E-state index in [0.29, 0.717) is 10.8 Å². The van der Waals surface area contributed by atoms with Crippen molar-refractivity contribution in [3.05, 3.63) is 58.5 Å². The van der Waals surface area contributed by atoms with Gasteiger partial charge in [0.1, 0.15) is 5.75 Å². The number of aryl methyl sites for hydroxylation is 3. The van der Waals surface area contributed by atoms with Crippen molar-refractivity contribution in [1.82, 2.24) is 14.1 Å². The number of benzene rings is 2. The van der Waals surface area contributed by atoms with Gasteiger partial charge in [-0.1, -0.05) is 29.3 Å². The van der Waals surface area contributed by atoms with Crippen molar-refractivity contribution in [2.45, 2.75) is 6.92 Å². The van der Waals surface area contributed by atoms with Gasteiger partial charge in [-0.2, -0.15) is 0 Å². The van der Waals surface area contributed by atoms with Crippen molar-refractivity contribution >= 4 is 34.1 Å². The van der Waals surface area contributed by atoms with E-state index in [1.807, 2.05) is 54.8 Å². The monoisotopic (exact) mass is 399 g/mol. The van der Waals surface area contributed by atoms with Gasteiger partial charge in [0.05, 0.1) is 34.9 Å². The Morgan fingerprint density at radius 1 is 0.963 bits per heavy atom. The Labute approximate surface area is 167 Å². The largest absolute Gasteiger partial charge is 0.495 e. The van der Waals surface area contributed by atoms with Crippen LogP contribution in [0, 0.1) is 6.92 Å². The predicted molar refractivity (Wildman–Crippen MR) is 112 cm³/mol. The van der Waals surface area contributed by atoms with Crippen LogP contribution in [0.25, 0.3) is 33.4 Å². The van der Waals surface area contributed by atoms with E-state index >= 15 is 0 Å². The summed E-state index contributed by atoms with van der Waals surface area (Å²) in [5.41, 5.74) is 5.95. The van der Waals surface area contributed by atoms with E-state index in [1.54, 1.807) is 7.11 Å². The third-order valence-electron chi connectivity index (χ3n) is 4.86. The molecule has 0 radical (unpaired) electrons. The lowest BCUT2D eigenvalue weighted by Gasteiger charge is -2.11. The van der Waals surface area contributed by atoms with Crippen molar-refractivity contribution in [2.24, 2.45) is 14.1 Å². The first-order valence-corrected chi connectivity index (χ1v) is 9.27. The molecular weight excluding hydrogens is 381 g/mol. The van der Waals surface area contributed by atoms with Gasteiger partial charge in [0.15, 0.2) is 0 Å². The van der Waals surface area contributed by atoms with Gasteiger partial charge in [-0.15, -0.1) is 0 Å². The second-order valence-electron chi connectivity index (χ2n) is 6.68. The predicted octanol–water partition coefficient (Wildman–Crippen LogP) is 5.87. The van der Waals surface area contributed by atoms with E-state index in [1.165, 1.54) is 0 Å². The molecule has 0 saturated carbocycles. The van der Waals surface area contributed by atoms with Crippen molar-refractivity contribution in [2.75, 3.05) is 7.11 Å². The number of fused-ring (bicyclic) bond motifs is 1. The second kappa shape index (κ2) is 6.63. The van der Waals surface area contributed by atoms with E-state index in [0.717, 1.165) is 44.0 Å². The van der Waals surface area contributed by atoms with Crippen molar-refractivity contribution in [3.8, 4) is 28.3 Å². The molecule has 27 heavy (non-hydrogen) atoms. The van der Waals surface area contributed by atoms with Crippen molar-refractivity contribution < 1.29 is 4.74 Å². The lowest BCUT2D eigenvalue weighted by Crippen LogP contribution is -1.94. The lowest BCUT2D eigenvalue weighted by molar-refractivity contribution is 0.412. The number of aromatic nitrogens is 3. The molecule has 4 aromatic rings. The molecule has 0 atom stereocenters. The molecule has 0 bridgehead atoms. The Bertz CT molecular complexity index is 1150. The SMILES string of the molecule is COc1c(C)cc(-c2ncn(C)c2-c2ccc3c(c2)c(Cl)cn3C)cc1Cl. The number of hydrogen-bond donors (Lipinski definition) is 0. The molecule has 0 spiro atoms. The van der Waals surface area contributed by atoms with Crippen LogP contribution in [0.5, 0.6) is 5.75 Å². The average molecular weight is 400 g/mol. The maximum Gasteiger partial charge on any atom is 0.140 e. The zero-order chi connectivity index (χ0) is 19.3. The van der Waals surface area contributed by atoms with Gasteiger partial charge in [0, 0.05) is 42.3 Å². The van der Waals surface area contributed by atoms with Crippen LogP contribution in [-0.4, -0.2) is 21.2 Å². The van der Waals surface area contributed by atoms with Crippen LogP contribution in [0.3, 0.4) is 0 Å². The number of methoxy groups -OCH3 is 1. The molecule has 0 saturated heterocycles. The number of rotatable bonds is 3. The topological polar surface area (TPSA) is 32.0 Å². The van der Waals surface area contributed by atoms with Crippen molar-refractivity contribution in [1.29, 1.82) is 0 Å². The Hall–Kier alpha value is -2.43. The van der Waals surface area contributed by atoms with Crippen LogP contribution in [0.1, 0.15) is 5.56 Å². The molecule has 0 aliphatic heterocycles. The summed E-state index contributed by atoms with van der Waals surface area (Å²) in [6.07, 6.45) is 3.74.